The molecule has 0 spiro atoms. The Balaban J connectivity index is 1.57. The van der Waals surface area contributed by atoms with Crippen LogP contribution in [0.5, 0.6) is 23.0 Å². The molecule has 1 aliphatic heterocycles. The first-order chi connectivity index (χ1) is 17.5. The number of carbonyl (C=O) groups excluding carboxylic acids is 1. The van der Waals surface area contributed by atoms with E-state index in [4.69, 9.17) is 30.5 Å². The second kappa shape index (κ2) is 11.4. The lowest BCUT2D eigenvalue weighted by molar-refractivity contribution is 0.180. The number of nitrogens with zero attached hydrogens (tertiary/aromatic N) is 1. The number of urea groups is 1. The second-order valence-electron chi connectivity index (χ2n) is 8.47. The van der Waals surface area contributed by atoms with E-state index >= 15 is 0 Å². The smallest absolute Gasteiger partial charge is 0.318 e. The van der Waals surface area contributed by atoms with Crippen molar-refractivity contribution in [2.24, 2.45) is 0 Å². The van der Waals surface area contributed by atoms with Crippen molar-refractivity contribution in [1.29, 1.82) is 0 Å². The normalized spacial score (nSPS) is 14.6. The van der Waals surface area contributed by atoms with Crippen molar-refractivity contribution in [2.75, 3.05) is 41.5 Å². The van der Waals surface area contributed by atoms with E-state index < -0.39 is 0 Å². The summed E-state index contributed by atoms with van der Waals surface area (Å²) in [7, 11) is 6.46. The minimum absolute atomic E-state index is 0.129. The summed E-state index contributed by atoms with van der Waals surface area (Å²) in [4.78, 5) is 15.3. The maximum absolute atomic E-state index is 13.4. The number of ether oxygens (including phenoxy) is 4. The van der Waals surface area contributed by atoms with Gasteiger partial charge in [-0.3, -0.25) is 0 Å². The van der Waals surface area contributed by atoms with Crippen molar-refractivity contribution in [3.63, 3.8) is 0 Å². The van der Waals surface area contributed by atoms with Gasteiger partial charge >= 0.3 is 6.03 Å². The minimum Gasteiger partial charge on any atom is -0.493 e. The molecular formula is C28H31ClN2O5. The molecule has 1 heterocycles. The van der Waals surface area contributed by atoms with Crippen LogP contribution in [0.15, 0.2) is 54.6 Å². The number of nitrogens with one attached hydrogen (secondary N) is 1. The first-order valence-corrected chi connectivity index (χ1v) is 12.1. The van der Waals surface area contributed by atoms with Crippen LogP contribution in [0.3, 0.4) is 0 Å². The van der Waals surface area contributed by atoms with Crippen molar-refractivity contribution < 1.29 is 23.7 Å². The zero-order valence-electron chi connectivity index (χ0n) is 21.0. The van der Waals surface area contributed by atoms with Gasteiger partial charge in [0.25, 0.3) is 0 Å². The largest absolute Gasteiger partial charge is 0.493 e. The van der Waals surface area contributed by atoms with Crippen LogP contribution >= 0.6 is 11.6 Å². The fraction of sp³-hybridized carbons (Fsp3) is 0.321. The number of hydrogen-bond donors (Lipinski definition) is 1. The van der Waals surface area contributed by atoms with Gasteiger partial charge < -0.3 is 29.2 Å². The zero-order valence-corrected chi connectivity index (χ0v) is 21.7. The van der Waals surface area contributed by atoms with E-state index in [-0.39, 0.29) is 12.1 Å². The Bertz CT molecular complexity index is 1220. The molecule has 3 aromatic carbocycles. The molecule has 0 aromatic heterocycles. The van der Waals surface area contributed by atoms with Crippen LogP contribution in [0.1, 0.15) is 28.3 Å². The highest BCUT2D eigenvalue weighted by molar-refractivity contribution is 6.30. The van der Waals surface area contributed by atoms with E-state index in [0.717, 1.165) is 22.3 Å². The molecule has 0 saturated carbocycles. The fourth-order valence-electron chi connectivity index (χ4n) is 4.62. The first-order valence-electron chi connectivity index (χ1n) is 11.7. The SMILES string of the molecule is COc1ccc(CCNC(=O)N2CCc3cc(OC)c(OC)cc3C2c2ccc(Cl)cc2)cc1OC. The number of halogens is 1. The maximum Gasteiger partial charge on any atom is 0.318 e. The number of amides is 2. The van der Waals surface area contributed by atoms with Crippen LogP contribution in [0, 0.1) is 0 Å². The van der Waals surface area contributed by atoms with E-state index in [9.17, 15) is 4.79 Å². The lowest BCUT2D eigenvalue weighted by atomic mass is 9.88. The van der Waals surface area contributed by atoms with Crippen molar-refractivity contribution in [3.05, 3.63) is 81.9 Å². The van der Waals surface area contributed by atoms with Gasteiger partial charge in [-0.05, 0) is 71.5 Å². The predicted molar refractivity (Wildman–Crippen MR) is 140 cm³/mol. The molecule has 0 saturated heterocycles. The number of hydrogen-bond acceptors (Lipinski definition) is 5. The highest BCUT2D eigenvalue weighted by Crippen LogP contribution is 2.41. The molecule has 0 radical (unpaired) electrons. The van der Waals surface area contributed by atoms with Gasteiger partial charge in [0.1, 0.15) is 0 Å². The Labute approximate surface area is 216 Å². The molecule has 190 valence electrons. The first kappa shape index (κ1) is 25.5. The summed E-state index contributed by atoms with van der Waals surface area (Å²) >= 11 is 6.16. The Kier molecular flexibility index (Phi) is 8.10. The average Bonchev–Trinajstić information content (AvgIpc) is 2.91. The van der Waals surface area contributed by atoms with E-state index in [1.54, 1.807) is 28.4 Å². The average molecular weight is 511 g/mol. The third-order valence-corrected chi connectivity index (χ3v) is 6.71. The summed E-state index contributed by atoms with van der Waals surface area (Å²) in [5.41, 5.74) is 4.16. The van der Waals surface area contributed by atoms with Gasteiger partial charge in [-0.2, -0.15) is 0 Å². The van der Waals surface area contributed by atoms with E-state index in [1.165, 1.54) is 0 Å². The van der Waals surface area contributed by atoms with Crippen molar-refractivity contribution in [2.45, 2.75) is 18.9 Å². The number of methoxy groups -OCH3 is 4. The van der Waals surface area contributed by atoms with Gasteiger partial charge in [-0.25, -0.2) is 4.79 Å². The van der Waals surface area contributed by atoms with Crippen LogP contribution in [-0.4, -0.2) is 52.5 Å². The summed E-state index contributed by atoms with van der Waals surface area (Å²) in [5, 5.41) is 3.74. The monoisotopic (exact) mass is 510 g/mol. The topological polar surface area (TPSA) is 69.3 Å². The molecule has 1 N–H and O–H groups in total. The van der Waals surface area contributed by atoms with Crippen LogP contribution < -0.4 is 24.3 Å². The van der Waals surface area contributed by atoms with Crippen molar-refractivity contribution >= 4 is 17.6 Å². The molecule has 2 amide bonds. The highest BCUT2D eigenvalue weighted by Gasteiger charge is 2.33. The van der Waals surface area contributed by atoms with Crippen molar-refractivity contribution in [1.82, 2.24) is 10.2 Å². The summed E-state index contributed by atoms with van der Waals surface area (Å²) in [6.45, 7) is 1.05. The van der Waals surface area contributed by atoms with Gasteiger partial charge in [-0.1, -0.05) is 29.8 Å². The Morgan fingerprint density at radius 3 is 2.19 bits per heavy atom. The number of rotatable bonds is 8. The zero-order chi connectivity index (χ0) is 25.7. The molecule has 8 heteroatoms. The standard InChI is InChI=1S/C28H31ClN2O5/c1-33-23-10-5-18(15-24(23)34-2)11-13-30-28(32)31-14-12-20-16-25(35-3)26(36-4)17-22(20)27(31)19-6-8-21(29)9-7-19/h5-10,15-17,27H,11-14H2,1-4H3,(H,30,32). The predicted octanol–water partition coefficient (Wildman–Crippen LogP) is 5.27. The van der Waals surface area contributed by atoms with Crippen LogP contribution in [0.4, 0.5) is 4.79 Å². The number of carbonyl (C=O) groups is 1. The van der Waals surface area contributed by atoms with E-state index in [0.29, 0.717) is 54.0 Å². The van der Waals surface area contributed by atoms with Crippen LogP contribution in [-0.2, 0) is 12.8 Å². The maximum atomic E-state index is 13.4. The summed E-state index contributed by atoms with van der Waals surface area (Å²) in [6.07, 6.45) is 1.37. The minimum atomic E-state index is -0.285. The molecular weight excluding hydrogens is 480 g/mol. The molecule has 1 unspecified atom stereocenters. The molecule has 1 atom stereocenters. The van der Waals surface area contributed by atoms with E-state index in [1.807, 2.05) is 59.5 Å². The van der Waals surface area contributed by atoms with Gasteiger partial charge in [0.2, 0.25) is 0 Å². The Morgan fingerprint density at radius 1 is 0.889 bits per heavy atom. The third-order valence-electron chi connectivity index (χ3n) is 6.46. The fourth-order valence-corrected chi connectivity index (χ4v) is 4.75. The van der Waals surface area contributed by atoms with Crippen molar-refractivity contribution in [3.8, 4) is 23.0 Å². The van der Waals surface area contributed by atoms with Gasteiger partial charge in [0.05, 0.1) is 34.5 Å². The van der Waals surface area contributed by atoms with Gasteiger partial charge in [-0.15, -0.1) is 0 Å². The third kappa shape index (κ3) is 5.31. The summed E-state index contributed by atoms with van der Waals surface area (Å²) in [6, 6.07) is 16.9. The number of benzene rings is 3. The molecule has 4 rings (SSSR count). The molecule has 1 aliphatic rings. The van der Waals surface area contributed by atoms with Gasteiger partial charge in [0, 0.05) is 18.1 Å². The molecule has 3 aromatic rings. The van der Waals surface area contributed by atoms with Crippen LogP contribution in [0.2, 0.25) is 5.02 Å². The molecule has 0 bridgehead atoms. The van der Waals surface area contributed by atoms with E-state index in [2.05, 4.69) is 5.32 Å². The molecule has 0 aliphatic carbocycles. The van der Waals surface area contributed by atoms with Gasteiger partial charge in [0.15, 0.2) is 23.0 Å². The molecule has 0 fully saturated rings. The lowest BCUT2D eigenvalue weighted by Gasteiger charge is -2.38. The second-order valence-corrected chi connectivity index (χ2v) is 8.91. The quantitative estimate of drug-likeness (QED) is 0.447. The Hall–Kier alpha value is -3.58. The summed E-state index contributed by atoms with van der Waals surface area (Å²) < 4.78 is 21.8. The summed E-state index contributed by atoms with van der Waals surface area (Å²) in [5.74, 6) is 2.65. The van der Waals surface area contributed by atoms with Crippen LogP contribution in [0.25, 0.3) is 0 Å². The molecule has 7 nitrogen and oxygen atoms in total. The molecule has 36 heavy (non-hydrogen) atoms. The lowest BCUT2D eigenvalue weighted by Crippen LogP contribution is -2.46. The Morgan fingerprint density at radius 2 is 1.53 bits per heavy atom. The number of fused-ring (bicyclic) bond motifs is 1. The highest BCUT2D eigenvalue weighted by atomic mass is 35.5.